The van der Waals surface area contributed by atoms with Crippen LogP contribution in [-0.2, 0) is 0 Å². The minimum absolute atomic E-state index is 0.697. The van der Waals surface area contributed by atoms with E-state index in [0.717, 1.165) is 24.0 Å². The van der Waals surface area contributed by atoms with E-state index in [1.54, 1.807) is 0 Å². The second-order valence-electron chi connectivity index (χ2n) is 4.40. The minimum atomic E-state index is 0.697. The number of benzene rings is 1. The Morgan fingerprint density at radius 3 is 2.57 bits per heavy atom. The second-order valence-corrected chi connectivity index (χ2v) is 4.84. The molecule has 1 aromatic rings. The fourth-order valence-electron chi connectivity index (χ4n) is 2.84. The lowest BCUT2D eigenvalue weighted by Crippen LogP contribution is -2.18. The normalized spacial score (nSPS) is 29.8. The van der Waals surface area contributed by atoms with Crippen molar-refractivity contribution in [1.29, 1.82) is 0 Å². The third-order valence-electron chi connectivity index (χ3n) is 3.57. The highest BCUT2D eigenvalue weighted by atomic mass is 35.5. The van der Waals surface area contributed by atoms with Crippen molar-refractivity contribution in [2.75, 3.05) is 13.1 Å². The summed E-state index contributed by atoms with van der Waals surface area (Å²) in [5.41, 5.74) is 3.04. The molecule has 0 aromatic heterocycles. The maximum atomic E-state index is 6.05. The molecular weight excluding hydrogens is 194 g/mol. The average molecular weight is 208 g/mol. The number of rotatable bonds is 0. The summed E-state index contributed by atoms with van der Waals surface area (Å²) >= 11 is 6.05. The van der Waals surface area contributed by atoms with Crippen LogP contribution < -0.4 is 5.32 Å². The highest BCUT2D eigenvalue weighted by Gasteiger charge is 2.29. The van der Waals surface area contributed by atoms with Crippen LogP contribution in [0.2, 0.25) is 5.02 Å². The largest absolute Gasteiger partial charge is 0.316 e. The zero-order chi connectivity index (χ0) is 9.54. The molecule has 1 N–H and O–H groups in total. The highest BCUT2D eigenvalue weighted by molar-refractivity contribution is 6.30. The topological polar surface area (TPSA) is 12.0 Å². The van der Waals surface area contributed by atoms with Crippen LogP contribution in [-0.4, -0.2) is 13.1 Å². The molecule has 0 saturated carbocycles. The Hall–Kier alpha value is -0.530. The Bertz CT molecular complexity index is 357. The predicted octanol–water partition coefficient (Wildman–Crippen LogP) is 2.90. The molecule has 14 heavy (non-hydrogen) atoms. The summed E-state index contributed by atoms with van der Waals surface area (Å²) in [5.74, 6) is 1.42. The van der Waals surface area contributed by atoms with E-state index >= 15 is 0 Å². The van der Waals surface area contributed by atoms with Crippen molar-refractivity contribution in [3.63, 3.8) is 0 Å². The monoisotopic (exact) mass is 207 g/mol. The Labute approximate surface area is 89.5 Å². The lowest BCUT2D eigenvalue weighted by Gasteiger charge is -2.26. The molecular formula is C12H14ClN. The van der Waals surface area contributed by atoms with Gasteiger partial charge in [-0.25, -0.2) is 0 Å². The lowest BCUT2D eigenvalue weighted by atomic mass is 9.78. The Balaban J connectivity index is 2.15. The lowest BCUT2D eigenvalue weighted by molar-refractivity contribution is 0.549. The van der Waals surface area contributed by atoms with Crippen molar-refractivity contribution in [2.45, 2.75) is 24.7 Å². The van der Waals surface area contributed by atoms with E-state index in [4.69, 9.17) is 11.6 Å². The first kappa shape index (κ1) is 8.75. The molecule has 2 aliphatic heterocycles. The van der Waals surface area contributed by atoms with Gasteiger partial charge in [-0.3, -0.25) is 0 Å². The van der Waals surface area contributed by atoms with E-state index in [0.29, 0.717) is 5.92 Å². The Morgan fingerprint density at radius 1 is 1.07 bits per heavy atom. The molecule has 0 spiro atoms. The summed E-state index contributed by atoms with van der Waals surface area (Å²) in [4.78, 5) is 0. The molecule has 2 bridgehead atoms. The zero-order valence-electron chi connectivity index (χ0n) is 8.09. The molecule has 74 valence electrons. The third-order valence-corrected chi connectivity index (χ3v) is 3.81. The van der Waals surface area contributed by atoms with Gasteiger partial charge in [-0.05, 0) is 47.9 Å². The van der Waals surface area contributed by atoms with Crippen LogP contribution >= 0.6 is 11.6 Å². The van der Waals surface area contributed by atoms with Crippen LogP contribution in [0, 0.1) is 0 Å². The molecule has 3 aliphatic rings. The maximum absolute atomic E-state index is 6.05. The van der Waals surface area contributed by atoms with Gasteiger partial charge >= 0.3 is 0 Å². The van der Waals surface area contributed by atoms with Crippen molar-refractivity contribution >= 4 is 11.6 Å². The van der Waals surface area contributed by atoms with Crippen molar-refractivity contribution in [2.24, 2.45) is 0 Å². The van der Waals surface area contributed by atoms with Crippen molar-refractivity contribution in [3.05, 3.63) is 34.3 Å². The summed E-state index contributed by atoms with van der Waals surface area (Å²) in [5, 5.41) is 4.42. The standard InChI is InChI=1S/C12H14ClN/c13-10-3-4-11-8-1-2-9(7-14-6-8)12(11)5-10/h3-5,8-9,14H,1-2,6-7H2. The molecule has 1 fully saturated rings. The molecule has 0 amide bonds. The number of hydrogen-bond acceptors (Lipinski definition) is 1. The van der Waals surface area contributed by atoms with Gasteiger partial charge in [-0.2, -0.15) is 0 Å². The summed E-state index contributed by atoms with van der Waals surface area (Å²) in [6.45, 7) is 2.27. The fourth-order valence-corrected chi connectivity index (χ4v) is 3.02. The van der Waals surface area contributed by atoms with Crippen molar-refractivity contribution < 1.29 is 0 Å². The van der Waals surface area contributed by atoms with Gasteiger partial charge in [0.1, 0.15) is 0 Å². The molecule has 2 atom stereocenters. The second kappa shape index (κ2) is 3.25. The smallest absolute Gasteiger partial charge is 0.0409 e. The Morgan fingerprint density at radius 2 is 1.79 bits per heavy atom. The molecule has 0 radical (unpaired) electrons. The van der Waals surface area contributed by atoms with E-state index in [-0.39, 0.29) is 0 Å². The molecule has 1 saturated heterocycles. The van der Waals surface area contributed by atoms with Crippen LogP contribution in [0.4, 0.5) is 0 Å². The fraction of sp³-hybridized carbons (Fsp3) is 0.500. The third kappa shape index (κ3) is 1.27. The molecule has 4 rings (SSSR count). The molecule has 1 nitrogen and oxygen atoms in total. The van der Waals surface area contributed by atoms with E-state index in [1.807, 2.05) is 6.07 Å². The van der Waals surface area contributed by atoms with E-state index < -0.39 is 0 Å². The zero-order valence-corrected chi connectivity index (χ0v) is 8.85. The number of nitrogens with one attached hydrogen (secondary N) is 1. The van der Waals surface area contributed by atoms with Crippen molar-refractivity contribution in [3.8, 4) is 0 Å². The first-order valence-corrected chi connectivity index (χ1v) is 5.72. The Kier molecular flexibility index (Phi) is 2.03. The summed E-state index contributed by atoms with van der Waals surface area (Å²) in [6, 6.07) is 6.42. The van der Waals surface area contributed by atoms with Gasteiger partial charge in [0.15, 0.2) is 0 Å². The van der Waals surface area contributed by atoms with E-state index in [1.165, 1.54) is 24.0 Å². The van der Waals surface area contributed by atoms with Gasteiger partial charge in [0, 0.05) is 18.1 Å². The van der Waals surface area contributed by atoms with Crippen molar-refractivity contribution in [1.82, 2.24) is 5.32 Å². The van der Waals surface area contributed by atoms with Crippen LogP contribution in [0.15, 0.2) is 18.2 Å². The first-order valence-electron chi connectivity index (χ1n) is 5.34. The molecule has 2 heteroatoms. The van der Waals surface area contributed by atoms with Gasteiger partial charge in [0.25, 0.3) is 0 Å². The molecule has 2 unspecified atom stereocenters. The summed E-state index contributed by atoms with van der Waals surface area (Å²) < 4.78 is 0. The minimum Gasteiger partial charge on any atom is -0.316 e. The SMILES string of the molecule is Clc1ccc2c(c1)C1CCC2CNC1. The van der Waals surface area contributed by atoms with Crippen LogP contribution in [0.3, 0.4) is 0 Å². The predicted molar refractivity (Wildman–Crippen MR) is 59.0 cm³/mol. The first-order chi connectivity index (χ1) is 6.84. The van der Waals surface area contributed by atoms with Crippen LogP contribution in [0.1, 0.15) is 35.8 Å². The van der Waals surface area contributed by atoms with Crippen LogP contribution in [0.25, 0.3) is 0 Å². The number of halogens is 1. The van der Waals surface area contributed by atoms with Crippen LogP contribution in [0.5, 0.6) is 0 Å². The van der Waals surface area contributed by atoms with Gasteiger partial charge in [0.05, 0.1) is 0 Å². The highest BCUT2D eigenvalue weighted by Crippen LogP contribution is 2.41. The summed E-state index contributed by atoms with van der Waals surface area (Å²) in [7, 11) is 0. The average Bonchev–Trinajstić information content (AvgIpc) is 2.51. The van der Waals surface area contributed by atoms with Gasteiger partial charge in [-0.1, -0.05) is 17.7 Å². The summed E-state index contributed by atoms with van der Waals surface area (Å²) in [6.07, 6.45) is 2.66. The number of fused-ring (bicyclic) bond motifs is 3. The molecule has 1 aromatic carbocycles. The quantitative estimate of drug-likeness (QED) is 0.690. The van der Waals surface area contributed by atoms with Gasteiger partial charge < -0.3 is 5.32 Å². The molecule has 1 aliphatic carbocycles. The van der Waals surface area contributed by atoms with E-state index in [2.05, 4.69) is 17.4 Å². The maximum Gasteiger partial charge on any atom is 0.0409 e. The van der Waals surface area contributed by atoms with Gasteiger partial charge in [-0.15, -0.1) is 0 Å². The van der Waals surface area contributed by atoms with E-state index in [9.17, 15) is 0 Å². The molecule has 2 heterocycles. The van der Waals surface area contributed by atoms with Gasteiger partial charge in [0.2, 0.25) is 0 Å². The number of hydrogen-bond donors (Lipinski definition) is 1.